The number of aryl methyl sites for hydroxylation is 1. The summed E-state index contributed by atoms with van der Waals surface area (Å²) in [5, 5.41) is 1.61. The normalized spacial score (nSPS) is 12.5. The van der Waals surface area contributed by atoms with Gasteiger partial charge in [-0.2, -0.15) is 0 Å². The Morgan fingerprint density at radius 2 is 1.43 bits per heavy atom. The largest absolute Gasteiger partial charge is 0.462 e. The smallest absolute Gasteiger partial charge is 0.338 e. The Hall–Kier alpha value is -5.27. The summed E-state index contributed by atoms with van der Waals surface area (Å²) in [5.41, 5.74) is 7.62. The van der Waals surface area contributed by atoms with Crippen LogP contribution in [0.4, 0.5) is 10.1 Å². The first-order chi connectivity index (χ1) is 22.3. The van der Waals surface area contributed by atoms with Crippen molar-refractivity contribution < 1.29 is 22.3 Å². The van der Waals surface area contributed by atoms with Crippen LogP contribution in [0, 0.1) is 12.7 Å². The molecule has 0 aromatic heterocycles. The SMILES string of the molecule is CCOC(=O)c1ccc2c(-c3ccc(F)cc3)c3c(c(-c4ccccc4)c2c1)-c1ccccc1N(S(=O)(=O)c1ccc(C)cc1)C3. The van der Waals surface area contributed by atoms with Crippen molar-refractivity contribution in [1.82, 2.24) is 0 Å². The molecule has 6 aromatic rings. The van der Waals surface area contributed by atoms with Crippen LogP contribution in [-0.2, 0) is 21.3 Å². The van der Waals surface area contributed by atoms with Gasteiger partial charge in [-0.15, -0.1) is 0 Å². The number of hydrogen-bond acceptors (Lipinski definition) is 4. The highest BCUT2D eigenvalue weighted by molar-refractivity contribution is 7.92. The van der Waals surface area contributed by atoms with Crippen LogP contribution >= 0.6 is 0 Å². The highest BCUT2D eigenvalue weighted by Gasteiger charge is 2.36. The first kappa shape index (κ1) is 29.4. The zero-order valence-electron chi connectivity index (χ0n) is 25.3. The highest BCUT2D eigenvalue weighted by Crippen LogP contribution is 2.52. The number of nitrogens with zero attached hydrogens (tertiary/aromatic N) is 1. The molecule has 1 aliphatic heterocycles. The zero-order valence-corrected chi connectivity index (χ0v) is 26.1. The van der Waals surface area contributed by atoms with Gasteiger partial charge >= 0.3 is 5.97 Å². The number of anilines is 1. The van der Waals surface area contributed by atoms with Crippen molar-refractivity contribution in [3.8, 4) is 33.4 Å². The maximum absolute atomic E-state index is 14.4. The number of hydrogen-bond donors (Lipinski definition) is 0. The highest BCUT2D eigenvalue weighted by atomic mass is 32.2. The quantitative estimate of drug-likeness (QED) is 0.173. The van der Waals surface area contributed by atoms with E-state index in [1.165, 1.54) is 16.4 Å². The van der Waals surface area contributed by atoms with Crippen molar-refractivity contribution in [3.05, 3.63) is 144 Å². The number of carbonyl (C=O) groups excluding carboxylic acids is 1. The Kier molecular flexibility index (Phi) is 7.41. The van der Waals surface area contributed by atoms with E-state index in [2.05, 4.69) is 0 Å². The molecule has 1 aliphatic rings. The van der Waals surface area contributed by atoms with Gasteiger partial charge in [-0.3, -0.25) is 4.31 Å². The molecule has 5 nitrogen and oxygen atoms in total. The fourth-order valence-corrected chi connectivity index (χ4v) is 7.82. The summed E-state index contributed by atoms with van der Waals surface area (Å²) in [7, 11) is -3.98. The maximum Gasteiger partial charge on any atom is 0.338 e. The molecule has 0 unspecified atom stereocenters. The molecule has 7 heteroatoms. The Morgan fingerprint density at radius 1 is 0.761 bits per heavy atom. The fraction of sp³-hybridized carbons (Fsp3) is 0.103. The minimum Gasteiger partial charge on any atom is -0.462 e. The predicted octanol–water partition coefficient (Wildman–Crippen LogP) is 9.17. The summed E-state index contributed by atoms with van der Waals surface area (Å²) in [5.74, 6) is -0.804. The zero-order chi connectivity index (χ0) is 32.0. The van der Waals surface area contributed by atoms with Gasteiger partial charge in [0.15, 0.2) is 0 Å². The minimum absolute atomic E-state index is 0.0463. The molecule has 6 aromatic carbocycles. The first-order valence-electron chi connectivity index (χ1n) is 15.1. The average molecular weight is 628 g/mol. The number of halogens is 1. The van der Waals surface area contributed by atoms with Gasteiger partial charge in [0.05, 0.1) is 29.3 Å². The van der Waals surface area contributed by atoms with Gasteiger partial charge in [0.2, 0.25) is 0 Å². The monoisotopic (exact) mass is 627 g/mol. The van der Waals surface area contributed by atoms with Crippen LogP contribution in [0.3, 0.4) is 0 Å². The van der Waals surface area contributed by atoms with Crippen LogP contribution in [0.25, 0.3) is 44.2 Å². The van der Waals surface area contributed by atoms with E-state index in [-0.39, 0.29) is 23.9 Å². The number of esters is 1. The third-order valence-corrected chi connectivity index (χ3v) is 10.2. The standard InChI is InChI=1S/C39H30FNO4S/c1-3-45-39(42)28-17-22-31-33(23-28)37(26-9-5-4-6-10-26)38-32-11-7-8-12-35(32)41(46(43,44)30-20-13-25(2)14-21-30)24-34(38)36(31)27-15-18-29(40)19-16-27/h4-23H,3,24H2,1-2H3. The number of benzene rings is 6. The number of para-hydroxylation sites is 1. The molecule has 0 saturated carbocycles. The lowest BCUT2D eigenvalue weighted by Gasteiger charge is -2.35. The Bertz CT molecular complexity index is 2230. The van der Waals surface area contributed by atoms with E-state index >= 15 is 0 Å². The summed E-state index contributed by atoms with van der Waals surface area (Å²) in [6, 6.07) is 35.9. The van der Waals surface area contributed by atoms with Crippen molar-refractivity contribution in [1.29, 1.82) is 0 Å². The van der Waals surface area contributed by atoms with Crippen LogP contribution < -0.4 is 4.31 Å². The molecular weight excluding hydrogens is 597 g/mol. The lowest BCUT2D eigenvalue weighted by atomic mass is 9.79. The van der Waals surface area contributed by atoms with E-state index < -0.39 is 16.0 Å². The van der Waals surface area contributed by atoms with E-state index in [1.54, 1.807) is 49.4 Å². The number of rotatable bonds is 6. The third-order valence-electron chi connectivity index (χ3n) is 8.47. The van der Waals surface area contributed by atoms with Gasteiger partial charge in [-0.05, 0) is 100 Å². The summed E-state index contributed by atoms with van der Waals surface area (Å²) in [6.07, 6.45) is 0. The van der Waals surface area contributed by atoms with E-state index in [9.17, 15) is 17.6 Å². The van der Waals surface area contributed by atoms with Gasteiger partial charge in [0, 0.05) is 5.56 Å². The molecule has 0 spiro atoms. The van der Waals surface area contributed by atoms with Crippen molar-refractivity contribution in [2.75, 3.05) is 10.9 Å². The average Bonchev–Trinajstić information content (AvgIpc) is 3.07. The molecule has 0 N–H and O–H groups in total. The molecule has 228 valence electrons. The van der Waals surface area contributed by atoms with Crippen molar-refractivity contribution >= 4 is 32.5 Å². The van der Waals surface area contributed by atoms with Crippen molar-refractivity contribution in [2.45, 2.75) is 25.3 Å². The summed E-state index contributed by atoms with van der Waals surface area (Å²) in [4.78, 5) is 13.2. The summed E-state index contributed by atoms with van der Waals surface area (Å²) < 4.78 is 49.9. The number of sulfonamides is 1. The Morgan fingerprint density at radius 3 is 2.15 bits per heavy atom. The summed E-state index contributed by atoms with van der Waals surface area (Å²) >= 11 is 0. The molecule has 0 fully saturated rings. The van der Waals surface area contributed by atoms with Crippen LogP contribution in [0.15, 0.2) is 126 Å². The second kappa shape index (κ2) is 11.6. The van der Waals surface area contributed by atoms with Gasteiger partial charge in [-0.1, -0.05) is 84.4 Å². The van der Waals surface area contributed by atoms with Gasteiger partial charge in [0.1, 0.15) is 5.82 Å². The van der Waals surface area contributed by atoms with E-state index in [0.29, 0.717) is 11.3 Å². The molecule has 0 radical (unpaired) electrons. The lowest BCUT2D eigenvalue weighted by molar-refractivity contribution is 0.0526. The Labute approximate surface area is 267 Å². The molecule has 0 aliphatic carbocycles. The van der Waals surface area contributed by atoms with Gasteiger partial charge in [-0.25, -0.2) is 17.6 Å². The second-order valence-corrected chi connectivity index (χ2v) is 13.2. The molecule has 0 bridgehead atoms. The van der Waals surface area contributed by atoms with Crippen LogP contribution in [0.1, 0.15) is 28.4 Å². The molecule has 0 atom stereocenters. The predicted molar refractivity (Wildman–Crippen MR) is 181 cm³/mol. The molecule has 7 rings (SSSR count). The van der Waals surface area contributed by atoms with Crippen molar-refractivity contribution in [3.63, 3.8) is 0 Å². The van der Waals surface area contributed by atoms with Gasteiger partial charge < -0.3 is 4.74 Å². The maximum atomic E-state index is 14.4. The Balaban J connectivity index is 1.62. The van der Waals surface area contributed by atoms with Crippen LogP contribution in [0.5, 0.6) is 0 Å². The second-order valence-electron chi connectivity index (χ2n) is 11.3. The van der Waals surface area contributed by atoms with Gasteiger partial charge in [0.25, 0.3) is 10.0 Å². The van der Waals surface area contributed by atoms with Crippen LogP contribution in [-0.4, -0.2) is 21.0 Å². The first-order valence-corrected chi connectivity index (χ1v) is 16.5. The van der Waals surface area contributed by atoms with E-state index in [1.807, 2.05) is 73.7 Å². The number of ether oxygens (including phenoxy) is 1. The molecule has 0 amide bonds. The topological polar surface area (TPSA) is 63.7 Å². The molecular formula is C39H30FNO4S. The number of fused-ring (bicyclic) bond motifs is 4. The third kappa shape index (κ3) is 4.93. The van der Waals surface area contributed by atoms with E-state index in [0.717, 1.165) is 55.3 Å². The van der Waals surface area contributed by atoms with Crippen molar-refractivity contribution in [2.24, 2.45) is 0 Å². The molecule has 0 saturated heterocycles. The van der Waals surface area contributed by atoms with Crippen LogP contribution in [0.2, 0.25) is 0 Å². The summed E-state index contributed by atoms with van der Waals surface area (Å²) in [6.45, 7) is 3.98. The van der Waals surface area contributed by atoms with E-state index in [4.69, 9.17) is 4.74 Å². The minimum atomic E-state index is -3.98. The molecule has 1 heterocycles. The molecule has 46 heavy (non-hydrogen) atoms. The lowest BCUT2D eigenvalue weighted by Crippen LogP contribution is -2.33. The number of carbonyl (C=O) groups is 1. The fourth-order valence-electron chi connectivity index (χ4n) is 6.37.